The number of hydrogen-bond donors (Lipinski definition) is 0. The van der Waals surface area contributed by atoms with Crippen molar-refractivity contribution in [2.24, 2.45) is 5.41 Å². The van der Waals surface area contributed by atoms with Crippen molar-refractivity contribution in [3.05, 3.63) is 30.1 Å². The maximum Gasteiger partial charge on any atom is 0.240 e. The van der Waals surface area contributed by atoms with Crippen LogP contribution in [0.5, 0.6) is 0 Å². The summed E-state index contributed by atoms with van der Waals surface area (Å²) in [5.41, 5.74) is 0.00262. The fourth-order valence-electron chi connectivity index (χ4n) is 3.27. The van der Waals surface area contributed by atoms with E-state index in [1.54, 1.807) is 0 Å². The highest BCUT2D eigenvalue weighted by molar-refractivity contribution is 6.22. The third-order valence-corrected chi connectivity index (χ3v) is 4.29. The molecule has 1 spiro atoms. The average Bonchev–Trinajstić information content (AvgIpc) is 2.64. The quantitative estimate of drug-likeness (QED) is 0.729. The van der Waals surface area contributed by atoms with Crippen molar-refractivity contribution in [3.8, 4) is 0 Å². The lowest BCUT2D eigenvalue weighted by molar-refractivity contribution is -0.127. The summed E-state index contributed by atoms with van der Waals surface area (Å²) in [5.74, 6) is -0.613. The Labute approximate surface area is 111 Å². The van der Waals surface area contributed by atoms with E-state index >= 15 is 0 Å². The number of benzene rings is 1. The Morgan fingerprint density at radius 1 is 1.00 bits per heavy atom. The predicted octanol–water partition coefficient (Wildman–Crippen LogP) is 3.04. The molecule has 2 amide bonds. The minimum absolute atomic E-state index is 0.0937. The summed E-state index contributed by atoms with van der Waals surface area (Å²) in [6.45, 7) is 0. The van der Waals surface area contributed by atoms with Gasteiger partial charge in [0, 0.05) is 6.42 Å². The summed E-state index contributed by atoms with van der Waals surface area (Å²) >= 11 is 0. The van der Waals surface area contributed by atoms with Crippen LogP contribution >= 0.6 is 0 Å². The Balaban J connectivity index is 1.92. The van der Waals surface area contributed by atoms with Crippen molar-refractivity contribution in [2.45, 2.75) is 38.5 Å². The predicted molar refractivity (Wildman–Crippen MR) is 69.0 cm³/mol. The maximum atomic E-state index is 12.9. The van der Waals surface area contributed by atoms with Crippen LogP contribution in [-0.2, 0) is 9.59 Å². The van der Waals surface area contributed by atoms with E-state index < -0.39 is 5.41 Å². The van der Waals surface area contributed by atoms with Crippen LogP contribution in [0.2, 0.25) is 0 Å². The first-order chi connectivity index (χ1) is 9.12. The number of carbonyl (C=O) groups is 2. The van der Waals surface area contributed by atoms with E-state index in [4.69, 9.17) is 0 Å². The van der Waals surface area contributed by atoms with Crippen LogP contribution in [0.25, 0.3) is 0 Å². The molecule has 1 aromatic rings. The first kappa shape index (κ1) is 12.3. The van der Waals surface area contributed by atoms with Gasteiger partial charge in [-0.05, 0) is 37.1 Å². The van der Waals surface area contributed by atoms with Crippen LogP contribution in [0.3, 0.4) is 0 Å². The van der Waals surface area contributed by atoms with Gasteiger partial charge < -0.3 is 0 Å². The number of carbonyl (C=O) groups excluding carboxylic acids is 2. The Kier molecular flexibility index (Phi) is 2.88. The fraction of sp³-hybridized carbons (Fsp3) is 0.467. The molecule has 3 rings (SSSR count). The minimum Gasteiger partial charge on any atom is -0.274 e. The first-order valence-corrected chi connectivity index (χ1v) is 6.75. The lowest BCUT2D eigenvalue weighted by Gasteiger charge is -2.30. The molecule has 0 atom stereocenters. The van der Waals surface area contributed by atoms with Crippen LogP contribution in [0.15, 0.2) is 24.3 Å². The van der Waals surface area contributed by atoms with E-state index in [9.17, 15) is 14.0 Å². The zero-order valence-electron chi connectivity index (χ0n) is 10.7. The summed E-state index contributed by atoms with van der Waals surface area (Å²) < 4.78 is 12.9. The van der Waals surface area contributed by atoms with E-state index in [1.165, 1.54) is 29.2 Å². The average molecular weight is 261 g/mol. The van der Waals surface area contributed by atoms with Gasteiger partial charge in [-0.25, -0.2) is 4.39 Å². The van der Waals surface area contributed by atoms with E-state index in [-0.39, 0.29) is 17.6 Å². The molecule has 2 fully saturated rings. The lowest BCUT2D eigenvalue weighted by Crippen LogP contribution is -2.36. The van der Waals surface area contributed by atoms with Crippen molar-refractivity contribution >= 4 is 17.5 Å². The van der Waals surface area contributed by atoms with Gasteiger partial charge in [0.2, 0.25) is 11.8 Å². The van der Waals surface area contributed by atoms with Gasteiger partial charge in [0.05, 0.1) is 11.1 Å². The normalized spacial score (nSPS) is 22.3. The molecule has 3 nitrogen and oxygen atoms in total. The number of imide groups is 1. The Hall–Kier alpha value is -1.71. The van der Waals surface area contributed by atoms with Crippen LogP contribution < -0.4 is 4.90 Å². The van der Waals surface area contributed by atoms with E-state index in [0.717, 1.165) is 32.1 Å². The van der Waals surface area contributed by atoms with Gasteiger partial charge in [-0.15, -0.1) is 0 Å². The molecule has 1 saturated heterocycles. The highest BCUT2D eigenvalue weighted by atomic mass is 19.1. The van der Waals surface area contributed by atoms with Gasteiger partial charge in [0.15, 0.2) is 0 Å². The van der Waals surface area contributed by atoms with Crippen molar-refractivity contribution in [1.29, 1.82) is 0 Å². The van der Waals surface area contributed by atoms with E-state index in [2.05, 4.69) is 0 Å². The van der Waals surface area contributed by atoms with Gasteiger partial charge in [-0.3, -0.25) is 14.5 Å². The van der Waals surface area contributed by atoms with Gasteiger partial charge in [0.1, 0.15) is 5.82 Å². The second-order valence-corrected chi connectivity index (χ2v) is 5.53. The smallest absolute Gasteiger partial charge is 0.240 e. The van der Waals surface area contributed by atoms with E-state index in [0.29, 0.717) is 12.1 Å². The maximum absolute atomic E-state index is 12.9. The molecule has 4 heteroatoms. The fourth-order valence-corrected chi connectivity index (χ4v) is 3.27. The zero-order chi connectivity index (χ0) is 13.5. The molecule has 0 aromatic heterocycles. The summed E-state index contributed by atoms with van der Waals surface area (Å²) in [6.07, 6.45) is 5.07. The first-order valence-electron chi connectivity index (χ1n) is 6.75. The molecule has 1 heterocycles. The number of halogens is 1. The second-order valence-electron chi connectivity index (χ2n) is 5.53. The number of anilines is 1. The number of rotatable bonds is 1. The van der Waals surface area contributed by atoms with Gasteiger partial charge >= 0.3 is 0 Å². The standard InChI is InChI=1S/C15H16FNO2/c16-11-4-6-12(7-5-11)17-13(18)10-15(14(17)19)8-2-1-3-9-15/h4-7H,1-3,8-10H2. The summed E-state index contributed by atoms with van der Waals surface area (Å²) in [4.78, 5) is 26.0. The second kappa shape index (κ2) is 4.44. The molecule has 1 aromatic carbocycles. The largest absolute Gasteiger partial charge is 0.274 e. The molecule has 1 aliphatic carbocycles. The van der Waals surface area contributed by atoms with Crippen LogP contribution in [0, 0.1) is 11.2 Å². The lowest BCUT2D eigenvalue weighted by atomic mass is 9.73. The van der Waals surface area contributed by atoms with E-state index in [1.807, 2.05) is 0 Å². The Morgan fingerprint density at radius 3 is 2.26 bits per heavy atom. The van der Waals surface area contributed by atoms with Crippen LogP contribution in [0.4, 0.5) is 10.1 Å². The molecule has 0 radical (unpaired) electrons. The third kappa shape index (κ3) is 1.95. The Morgan fingerprint density at radius 2 is 1.63 bits per heavy atom. The molecule has 100 valence electrons. The van der Waals surface area contributed by atoms with Gasteiger partial charge in [-0.2, -0.15) is 0 Å². The molecule has 19 heavy (non-hydrogen) atoms. The Bertz CT molecular complexity index is 517. The summed E-state index contributed by atoms with van der Waals surface area (Å²) in [5, 5.41) is 0. The van der Waals surface area contributed by atoms with Crippen LogP contribution in [0.1, 0.15) is 38.5 Å². The summed E-state index contributed by atoms with van der Waals surface area (Å²) in [6, 6.07) is 5.55. The molecule has 0 unspecified atom stereocenters. The molecule has 1 aliphatic heterocycles. The number of hydrogen-bond acceptors (Lipinski definition) is 2. The van der Waals surface area contributed by atoms with Crippen molar-refractivity contribution in [2.75, 3.05) is 4.90 Å². The number of amides is 2. The van der Waals surface area contributed by atoms with Crippen molar-refractivity contribution in [3.63, 3.8) is 0 Å². The molecule has 0 bridgehead atoms. The molecular weight excluding hydrogens is 245 g/mol. The van der Waals surface area contributed by atoms with Gasteiger partial charge in [-0.1, -0.05) is 19.3 Å². The highest BCUT2D eigenvalue weighted by Gasteiger charge is 2.51. The van der Waals surface area contributed by atoms with Crippen molar-refractivity contribution in [1.82, 2.24) is 0 Å². The highest BCUT2D eigenvalue weighted by Crippen LogP contribution is 2.46. The topological polar surface area (TPSA) is 37.4 Å². The monoisotopic (exact) mass is 261 g/mol. The molecular formula is C15H16FNO2. The minimum atomic E-state index is -0.482. The van der Waals surface area contributed by atoms with Crippen LogP contribution in [-0.4, -0.2) is 11.8 Å². The molecule has 0 N–H and O–H groups in total. The molecule has 1 saturated carbocycles. The zero-order valence-corrected chi connectivity index (χ0v) is 10.7. The molecule has 2 aliphatic rings. The number of nitrogens with zero attached hydrogens (tertiary/aromatic N) is 1. The SMILES string of the molecule is O=C1CC2(CCCCC2)C(=O)N1c1ccc(F)cc1. The summed E-state index contributed by atoms with van der Waals surface area (Å²) in [7, 11) is 0. The third-order valence-electron chi connectivity index (χ3n) is 4.29. The van der Waals surface area contributed by atoms with Crippen molar-refractivity contribution < 1.29 is 14.0 Å². The van der Waals surface area contributed by atoms with Gasteiger partial charge in [0.25, 0.3) is 0 Å².